The number of hydrogen-bond donors (Lipinski definition) is 21. The topological polar surface area (TPSA) is 660 Å². The van der Waals surface area contributed by atoms with Crippen molar-refractivity contribution in [2.24, 2.45) is 23.3 Å². The van der Waals surface area contributed by atoms with Gasteiger partial charge in [0.15, 0.2) is 0 Å². The molecule has 0 radical (unpaired) electrons. The molecule has 0 aromatic carbocycles. The number of carbonyl (C=O) groups excluding carboxylic acids is 16. The van der Waals surface area contributed by atoms with Crippen LogP contribution in [0.1, 0.15) is 110 Å². The highest BCUT2D eigenvalue weighted by atomic mass is 33.1. The number of hydrogen-bond acceptors (Lipinski definition) is 27. The molecule has 630 valence electrons. The molecule has 2 bridgehead atoms. The van der Waals surface area contributed by atoms with Crippen molar-refractivity contribution >= 4 is 150 Å². The molecule has 6 heterocycles. The van der Waals surface area contributed by atoms with Crippen molar-refractivity contribution in [3.05, 3.63) is 36.4 Å². The summed E-state index contributed by atoms with van der Waals surface area (Å²) in [6.45, 7) is 4.40. The van der Waals surface area contributed by atoms with Crippen LogP contribution >= 0.6 is 43.2 Å². The normalized spacial score (nSPS) is 27.7. The lowest BCUT2D eigenvalue weighted by molar-refractivity contribution is -0.143. The van der Waals surface area contributed by atoms with E-state index in [1.807, 2.05) is 0 Å². The lowest BCUT2D eigenvalue weighted by Crippen LogP contribution is -2.62. The average Bonchev–Trinajstić information content (AvgIpc) is 1.61. The van der Waals surface area contributed by atoms with Gasteiger partial charge >= 0.3 is 11.9 Å². The van der Waals surface area contributed by atoms with Crippen molar-refractivity contribution in [2.75, 3.05) is 55.9 Å². The third kappa shape index (κ3) is 28.6. The van der Waals surface area contributed by atoms with E-state index in [9.17, 15) is 107 Å². The molecule has 0 aliphatic carbocycles. The highest BCUT2D eigenvalue weighted by Gasteiger charge is 2.44. The van der Waals surface area contributed by atoms with E-state index >= 15 is 0 Å². The first-order valence-corrected chi connectivity index (χ1v) is 41.7. The maximum absolute atomic E-state index is 15.0. The minimum Gasteiger partial charge on any atom is -0.481 e. The summed E-state index contributed by atoms with van der Waals surface area (Å²) < 4.78 is 0. The number of amides is 16. The van der Waals surface area contributed by atoms with Gasteiger partial charge in [-0.2, -0.15) is 0 Å². The maximum Gasteiger partial charge on any atom is 0.303 e. The van der Waals surface area contributed by atoms with Crippen LogP contribution in [0.4, 0.5) is 0 Å². The molecule has 4 aliphatic heterocycles. The number of aromatic nitrogens is 4. The number of carboxylic acid groups (broad SMARTS) is 2. The first kappa shape index (κ1) is 93.0. The van der Waals surface area contributed by atoms with Gasteiger partial charge in [-0.3, -0.25) is 86.3 Å². The Morgan fingerprint density at radius 2 is 0.947 bits per heavy atom. The fourth-order valence-corrected chi connectivity index (χ4v) is 17.0. The summed E-state index contributed by atoms with van der Waals surface area (Å²) in [5, 5.41) is 73.4. The fourth-order valence-electron chi connectivity index (χ4n) is 12.4. The molecule has 6 rings (SSSR count). The Hall–Kier alpha value is -9.84. The maximum atomic E-state index is 15.0. The number of carboxylic acids is 2. The minimum atomic E-state index is -1.94. The van der Waals surface area contributed by atoms with E-state index < -0.39 is 271 Å². The quantitative estimate of drug-likeness (QED) is 0.0581. The van der Waals surface area contributed by atoms with Crippen molar-refractivity contribution in [3.63, 3.8) is 0 Å². The Kier molecular flexibility index (Phi) is 37.5. The number of aromatic amines is 2. The van der Waals surface area contributed by atoms with E-state index in [-0.39, 0.29) is 76.1 Å². The second-order valence-electron chi connectivity index (χ2n) is 28.1. The van der Waals surface area contributed by atoms with E-state index in [0.29, 0.717) is 5.69 Å². The molecular weight excluding hydrogens is 1580 g/mol. The zero-order valence-corrected chi connectivity index (χ0v) is 66.5. The molecular formula is C67H101N21O22S4. The zero-order chi connectivity index (χ0) is 84.0. The van der Waals surface area contributed by atoms with E-state index in [1.54, 1.807) is 13.8 Å². The molecule has 47 heteroatoms. The van der Waals surface area contributed by atoms with Gasteiger partial charge in [-0.25, -0.2) is 9.97 Å². The number of aliphatic hydroxyl groups excluding tert-OH is 2. The molecule has 4 aliphatic rings. The number of aliphatic carboxylic acids is 2. The van der Waals surface area contributed by atoms with Gasteiger partial charge in [0.25, 0.3) is 0 Å². The van der Waals surface area contributed by atoms with Crippen LogP contribution in [0.15, 0.2) is 25.0 Å². The lowest BCUT2D eigenvalue weighted by Gasteiger charge is -2.31. The van der Waals surface area contributed by atoms with Gasteiger partial charge in [0.2, 0.25) is 94.5 Å². The first-order chi connectivity index (χ1) is 54.1. The molecule has 43 nitrogen and oxygen atoms in total. The second kappa shape index (κ2) is 45.9. The molecule has 15 atom stereocenters. The summed E-state index contributed by atoms with van der Waals surface area (Å²) in [7, 11) is 3.18. The molecule has 0 spiro atoms. The Labute approximate surface area is 669 Å². The van der Waals surface area contributed by atoms with Gasteiger partial charge in [-0.15, -0.1) is 0 Å². The van der Waals surface area contributed by atoms with E-state index in [4.69, 9.17) is 11.5 Å². The number of rotatable bonds is 19. The largest absolute Gasteiger partial charge is 0.481 e. The van der Waals surface area contributed by atoms with E-state index in [2.05, 4.69) is 89.1 Å². The van der Waals surface area contributed by atoms with E-state index in [1.165, 1.54) is 45.8 Å². The third-order valence-corrected chi connectivity index (χ3v) is 23.3. The van der Waals surface area contributed by atoms with Crippen molar-refractivity contribution in [2.45, 2.75) is 202 Å². The van der Waals surface area contributed by atoms with Gasteiger partial charge in [0.1, 0.15) is 90.6 Å². The van der Waals surface area contributed by atoms with Gasteiger partial charge < -0.3 is 121 Å². The van der Waals surface area contributed by atoms with Crippen molar-refractivity contribution in [3.8, 4) is 0 Å². The molecule has 16 amide bonds. The monoisotopic (exact) mass is 1680 g/mol. The predicted molar refractivity (Wildman–Crippen MR) is 410 cm³/mol. The fraction of sp³-hybridized carbons (Fsp3) is 0.642. The molecule has 114 heavy (non-hydrogen) atoms. The van der Waals surface area contributed by atoms with Crippen molar-refractivity contribution in [1.29, 1.82) is 0 Å². The molecule has 2 aromatic heterocycles. The Balaban J connectivity index is 1.45. The molecule has 0 unspecified atom stereocenters. The Morgan fingerprint density at radius 1 is 0.509 bits per heavy atom. The lowest BCUT2D eigenvalue weighted by atomic mass is 10.0. The summed E-state index contributed by atoms with van der Waals surface area (Å²) >= 11 is 0. The number of primary amides is 1. The van der Waals surface area contributed by atoms with Crippen LogP contribution in [0.5, 0.6) is 0 Å². The molecule has 4 fully saturated rings. The Bertz CT molecular complexity index is 3750. The van der Waals surface area contributed by atoms with Crippen LogP contribution in [0.3, 0.4) is 0 Å². The number of fused-ring (bicyclic) bond motifs is 10. The number of imidazole rings is 2. The smallest absolute Gasteiger partial charge is 0.303 e. The van der Waals surface area contributed by atoms with Gasteiger partial charge in [0.05, 0.1) is 32.4 Å². The minimum absolute atomic E-state index is 0.0375. The summed E-state index contributed by atoms with van der Waals surface area (Å²) in [5.74, 6) is -22.3. The number of nitrogens with one attached hydrogen (secondary N) is 15. The SMILES string of the molecule is CC(C)C[C@@H]1NC(=O)[C@H](CCC(=O)O)NC(=O)[C@@H]2CCCN2C(=O)[C@H](Cc2cnc[nH]2)NC(=O)[C@H](CCCC(=O)O)NC(=O)[C@H](C(C)C)NC(=O)[C@H](CO)NC(=O)[C@@H]2CSSC[C@H](NC(=O)CN)C(=O)N[C@@H](CSSC[C@@H](C(N)=O)NC1=O)C(=O)N[C@@H](CO)C(=O)N[C@@H](Cc1cnc[nH]1)C(=O)N1CCC[C@H]1C(=O)N[C@@H](C)C(=O)N2. The average molecular weight is 1680 g/mol. The van der Waals surface area contributed by atoms with Crippen LogP contribution in [0.2, 0.25) is 0 Å². The van der Waals surface area contributed by atoms with Crippen molar-refractivity contribution < 1.29 is 107 Å². The second-order valence-corrected chi connectivity index (χ2v) is 33.2. The third-order valence-electron chi connectivity index (χ3n) is 18.5. The van der Waals surface area contributed by atoms with Gasteiger partial charge in [0, 0.05) is 85.6 Å². The first-order valence-electron chi connectivity index (χ1n) is 36.8. The van der Waals surface area contributed by atoms with Crippen LogP contribution in [0, 0.1) is 11.8 Å². The summed E-state index contributed by atoms with van der Waals surface area (Å²) in [5.41, 5.74) is 12.1. The van der Waals surface area contributed by atoms with Gasteiger partial charge in [-0.05, 0) is 70.1 Å². The van der Waals surface area contributed by atoms with Crippen LogP contribution in [-0.4, -0.2) is 303 Å². The van der Waals surface area contributed by atoms with Crippen LogP contribution in [0.25, 0.3) is 0 Å². The molecule has 2 aromatic rings. The summed E-state index contributed by atoms with van der Waals surface area (Å²) in [6.07, 6.45) is 2.40. The number of H-pyrrole nitrogens is 2. The van der Waals surface area contributed by atoms with Crippen LogP contribution < -0.4 is 80.6 Å². The molecule has 23 N–H and O–H groups in total. The van der Waals surface area contributed by atoms with E-state index in [0.717, 1.165) is 53.0 Å². The zero-order valence-electron chi connectivity index (χ0n) is 63.2. The Morgan fingerprint density at radius 3 is 1.42 bits per heavy atom. The number of nitrogens with zero attached hydrogens (tertiary/aromatic N) is 4. The van der Waals surface area contributed by atoms with Crippen molar-refractivity contribution in [1.82, 2.24) is 98.9 Å². The standard InChI is InChI=1S/C67H101N21O22S4/c1-31(2)17-38-57(100)83-43(53(69)96)25-111-113-28-46-62(105)81-41(23-89)58(101)80-40(19-35-22-71-30-73-35)67(110)87-15-7-10-47(87)63(106)74-33(5)54(97)84-45(27-114-112-26-44(60(103)85-46)75-49(91)20-68)61(104)82-42(24-90)59(102)86-52(32(3)4)65(108)77-36(9-6-12-50(92)93)55(98)79-39(18-34-21-70-29-72-34)66(109)88-16-8-11-48(88)64(107)76-37(56(99)78-38)13-14-51(94)95/h21-22,29-33,36-48,52,89-90H,6-20,23-28,68H2,1-5H3,(H2,69,96)(H,70,72)(H,71,73)(H,74,106)(H,75,91)(H,76,107)(H,77,108)(H,78,99)(H,79,98)(H,80,101)(H,81,105)(H,82,104)(H,83,100)(H,84,97)(H,85,103)(H,86,102)(H,92,93)(H,94,95)/t33-,36-,37-,38-,39-,40-,41-,42-,43-,44-,45-,46-,47-,48-,52-/m0/s1. The number of carbonyl (C=O) groups is 18. The molecule has 4 saturated heterocycles. The number of nitrogens with two attached hydrogens (primary N) is 2. The predicted octanol–water partition coefficient (Wildman–Crippen LogP) is -7.74. The van der Waals surface area contributed by atoms with Crippen LogP contribution in [-0.2, 0) is 99.1 Å². The highest BCUT2D eigenvalue weighted by molar-refractivity contribution is 8.77. The summed E-state index contributed by atoms with van der Waals surface area (Å²) in [6, 6.07) is -24.4. The number of aliphatic hydroxyl groups is 2. The van der Waals surface area contributed by atoms with Gasteiger partial charge in [-0.1, -0.05) is 70.9 Å². The summed E-state index contributed by atoms with van der Waals surface area (Å²) in [4.78, 5) is 270. The highest BCUT2D eigenvalue weighted by Crippen LogP contribution is 2.27. The molecule has 0 saturated carbocycles.